The van der Waals surface area contributed by atoms with Gasteiger partial charge >= 0.3 is 0 Å². The predicted octanol–water partition coefficient (Wildman–Crippen LogP) is 3.16. The van der Waals surface area contributed by atoms with Crippen LogP contribution in [0.3, 0.4) is 0 Å². The van der Waals surface area contributed by atoms with Crippen LogP contribution in [0.15, 0.2) is 58.8 Å². The number of aryl methyl sites for hydroxylation is 1. The van der Waals surface area contributed by atoms with E-state index in [1.165, 1.54) is 17.3 Å². The fourth-order valence-corrected chi connectivity index (χ4v) is 3.53. The number of carbonyl (C=O) groups excluding carboxylic acids is 1. The Bertz CT molecular complexity index is 1050. The van der Waals surface area contributed by atoms with E-state index in [0.29, 0.717) is 22.3 Å². The van der Waals surface area contributed by atoms with Crippen molar-refractivity contribution in [2.75, 3.05) is 14.2 Å². The molecule has 0 aliphatic carbocycles. The maximum absolute atomic E-state index is 12.8. The molecule has 3 aromatic rings. The molecule has 10 heteroatoms. The SMILES string of the molecule is COc1cccc(CN(C)C(=O)c2ccc(Sc3nncn3C)c([N+](=O)[O-])c2)c1. The van der Waals surface area contributed by atoms with Crippen molar-refractivity contribution in [3.05, 3.63) is 70.0 Å². The summed E-state index contributed by atoms with van der Waals surface area (Å²) in [5.74, 6) is 0.385. The standard InChI is InChI=1S/C19H19N5O4S/c1-22(11-13-5-4-6-15(9-13)28-3)18(25)14-7-8-17(16(10-14)24(26)27)29-19-21-20-12-23(19)2/h4-10,12H,11H2,1-3H3. The highest BCUT2D eigenvalue weighted by Gasteiger charge is 2.21. The second kappa shape index (κ2) is 8.74. The molecular weight excluding hydrogens is 394 g/mol. The van der Waals surface area contributed by atoms with Crippen molar-refractivity contribution < 1.29 is 14.5 Å². The second-order valence-electron chi connectivity index (χ2n) is 6.28. The number of methoxy groups -OCH3 is 1. The van der Waals surface area contributed by atoms with Gasteiger partial charge in [-0.3, -0.25) is 14.9 Å². The summed E-state index contributed by atoms with van der Waals surface area (Å²) in [6.45, 7) is 0.346. The Kier molecular flexibility index (Phi) is 6.13. The van der Waals surface area contributed by atoms with E-state index in [-0.39, 0.29) is 17.2 Å². The normalized spacial score (nSPS) is 10.6. The molecule has 0 spiro atoms. The van der Waals surface area contributed by atoms with Crippen molar-refractivity contribution in [2.45, 2.75) is 16.6 Å². The van der Waals surface area contributed by atoms with Crippen LogP contribution in [-0.2, 0) is 13.6 Å². The summed E-state index contributed by atoms with van der Waals surface area (Å²) in [5.41, 5.74) is 0.979. The third-order valence-electron chi connectivity index (χ3n) is 4.17. The van der Waals surface area contributed by atoms with Crippen LogP contribution in [0, 0.1) is 10.1 Å². The summed E-state index contributed by atoms with van der Waals surface area (Å²) in [6.07, 6.45) is 1.51. The number of rotatable bonds is 7. The zero-order valence-electron chi connectivity index (χ0n) is 16.1. The summed E-state index contributed by atoms with van der Waals surface area (Å²) in [6, 6.07) is 11.8. The molecule has 0 radical (unpaired) electrons. The number of nitrogens with zero attached hydrogens (tertiary/aromatic N) is 5. The van der Waals surface area contributed by atoms with Gasteiger partial charge in [-0.15, -0.1) is 10.2 Å². The van der Waals surface area contributed by atoms with Crippen LogP contribution >= 0.6 is 11.8 Å². The topological polar surface area (TPSA) is 103 Å². The third-order valence-corrected chi connectivity index (χ3v) is 5.29. The van der Waals surface area contributed by atoms with Gasteiger partial charge < -0.3 is 14.2 Å². The Labute approximate surface area is 171 Å². The molecule has 3 rings (SSSR count). The number of hydrogen-bond acceptors (Lipinski definition) is 7. The highest BCUT2D eigenvalue weighted by molar-refractivity contribution is 7.99. The van der Waals surface area contributed by atoms with E-state index in [2.05, 4.69) is 10.2 Å². The molecule has 1 amide bonds. The maximum Gasteiger partial charge on any atom is 0.284 e. The number of nitro groups is 1. The van der Waals surface area contributed by atoms with Crippen LogP contribution in [-0.4, -0.2) is 44.7 Å². The lowest BCUT2D eigenvalue weighted by Gasteiger charge is -2.18. The van der Waals surface area contributed by atoms with Crippen molar-refractivity contribution in [1.29, 1.82) is 0 Å². The number of aromatic nitrogens is 3. The Morgan fingerprint density at radius 1 is 1.31 bits per heavy atom. The van der Waals surface area contributed by atoms with E-state index < -0.39 is 4.92 Å². The molecule has 1 heterocycles. The molecule has 0 unspecified atom stereocenters. The van der Waals surface area contributed by atoms with E-state index in [9.17, 15) is 14.9 Å². The van der Waals surface area contributed by atoms with Crippen LogP contribution in [0.25, 0.3) is 0 Å². The minimum atomic E-state index is -0.502. The summed E-state index contributed by atoms with van der Waals surface area (Å²) in [7, 11) is 4.98. The monoisotopic (exact) mass is 413 g/mol. The molecule has 0 atom stereocenters. The van der Waals surface area contributed by atoms with Gasteiger partial charge in [0.25, 0.3) is 11.6 Å². The molecule has 1 aromatic heterocycles. The molecule has 9 nitrogen and oxygen atoms in total. The van der Waals surface area contributed by atoms with Gasteiger partial charge in [0, 0.05) is 32.3 Å². The molecule has 0 fully saturated rings. The van der Waals surface area contributed by atoms with Gasteiger partial charge in [0.1, 0.15) is 12.1 Å². The van der Waals surface area contributed by atoms with Crippen LogP contribution in [0.5, 0.6) is 5.75 Å². The number of hydrogen-bond donors (Lipinski definition) is 0. The van der Waals surface area contributed by atoms with Gasteiger partial charge in [0.2, 0.25) is 0 Å². The summed E-state index contributed by atoms with van der Waals surface area (Å²) in [5, 5.41) is 19.8. The Hall–Kier alpha value is -3.40. The highest BCUT2D eigenvalue weighted by Crippen LogP contribution is 2.34. The first-order valence-corrected chi connectivity index (χ1v) is 9.39. The lowest BCUT2D eigenvalue weighted by molar-refractivity contribution is -0.387. The molecule has 2 aromatic carbocycles. The fraction of sp³-hybridized carbons (Fsp3) is 0.211. The van der Waals surface area contributed by atoms with Gasteiger partial charge in [-0.1, -0.05) is 12.1 Å². The average molecular weight is 413 g/mol. The highest BCUT2D eigenvalue weighted by atomic mass is 32.2. The molecule has 0 aliphatic rings. The minimum Gasteiger partial charge on any atom is -0.497 e. The van der Waals surface area contributed by atoms with E-state index in [4.69, 9.17) is 4.74 Å². The number of ether oxygens (including phenoxy) is 1. The molecule has 150 valence electrons. The van der Waals surface area contributed by atoms with Crippen molar-refractivity contribution in [3.63, 3.8) is 0 Å². The Balaban J connectivity index is 1.82. The van der Waals surface area contributed by atoms with Gasteiger partial charge in [0.05, 0.1) is 16.9 Å². The lowest BCUT2D eigenvalue weighted by Crippen LogP contribution is -2.26. The number of nitro benzene ring substituents is 1. The van der Waals surface area contributed by atoms with Crippen LogP contribution < -0.4 is 4.74 Å². The molecule has 0 N–H and O–H groups in total. The van der Waals surface area contributed by atoms with E-state index in [1.807, 2.05) is 24.3 Å². The smallest absolute Gasteiger partial charge is 0.284 e. The first kappa shape index (κ1) is 20.3. The second-order valence-corrected chi connectivity index (χ2v) is 7.29. The van der Waals surface area contributed by atoms with Gasteiger partial charge in [-0.05, 0) is 41.6 Å². The average Bonchev–Trinajstić information content (AvgIpc) is 3.12. The molecule has 0 bridgehead atoms. The molecule has 0 aliphatic heterocycles. The predicted molar refractivity (Wildman–Crippen MR) is 107 cm³/mol. The lowest BCUT2D eigenvalue weighted by atomic mass is 10.1. The van der Waals surface area contributed by atoms with E-state index in [1.54, 1.807) is 37.9 Å². The summed E-state index contributed by atoms with van der Waals surface area (Å²) in [4.78, 5) is 25.7. The van der Waals surface area contributed by atoms with Gasteiger partial charge in [0.15, 0.2) is 5.16 Å². The van der Waals surface area contributed by atoms with E-state index in [0.717, 1.165) is 17.3 Å². The first-order valence-electron chi connectivity index (χ1n) is 8.57. The van der Waals surface area contributed by atoms with E-state index >= 15 is 0 Å². The Morgan fingerprint density at radius 3 is 2.76 bits per heavy atom. The maximum atomic E-state index is 12.8. The number of amides is 1. The zero-order valence-corrected chi connectivity index (χ0v) is 16.9. The van der Waals surface area contributed by atoms with Crippen molar-refractivity contribution in [3.8, 4) is 5.75 Å². The van der Waals surface area contributed by atoms with Gasteiger partial charge in [-0.25, -0.2) is 0 Å². The first-order chi connectivity index (χ1) is 13.9. The summed E-state index contributed by atoms with van der Waals surface area (Å²) >= 11 is 1.12. The summed E-state index contributed by atoms with van der Waals surface area (Å²) < 4.78 is 6.86. The van der Waals surface area contributed by atoms with Crippen molar-refractivity contribution in [1.82, 2.24) is 19.7 Å². The molecular formula is C19H19N5O4S. The van der Waals surface area contributed by atoms with Crippen molar-refractivity contribution in [2.24, 2.45) is 7.05 Å². The van der Waals surface area contributed by atoms with Crippen molar-refractivity contribution >= 4 is 23.4 Å². The Morgan fingerprint density at radius 2 is 2.10 bits per heavy atom. The molecule has 0 saturated heterocycles. The van der Waals surface area contributed by atoms with Gasteiger partial charge in [-0.2, -0.15) is 0 Å². The zero-order chi connectivity index (χ0) is 21.0. The largest absolute Gasteiger partial charge is 0.497 e. The minimum absolute atomic E-state index is 0.154. The van der Waals surface area contributed by atoms with Crippen LogP contribution in [0.1, 0.15) is 15.9 Å². The van der Waals surface area contributed by atoms with Crippen LogP contribution in [0.2, 0.25) is 0 Å². The molecule has 0 saturated carbocycles. The third kappa shape index (κ3) is 4.72. The molecule has 29 heavy (non-hydrogen) atoms. The number of benzene rings is 2. The van der Waals surface area contributed by atoms with Crippen LogP contribution in [0.4, 0.5) is 5.69 Å². The quantitative estimate of drug-likeness (QED) is 0.433. The number of carbonyl (C=O) groups is 1. The fourth-order valence-electron chi connectivity index (χ4n) is 2.68.